The Morgan fingerprint density at radius 1 is 0.968 bits per heavy atom. The van der Waals surface area contributed by atoms with E-state index in [9.17, 15) is 14.4 Å². The molecule has 2 heterocycles. The Morgan fingerprint density at radius 2 is 1.68 bits per heavy atom. The van der Waals surface area contributed by atoms with Crippen LogP contribution in [0.15, 0.2) is 48.5 Å². The summed E-state index contributed by atoms with van der Waals surface area (Å²) in [6.45, 7) is 4.94. The summed E-state index contributed by atoms with van der Waals surface area (Å²) in [5.41, 5.74) is 3.81. The van der Waals surface area contributed by atoms with Crippen molar-refractivity contribution in [1.82, 2.24) is 9.80 Å². The highest BCUT2D eigenvalue weighted by atomic mass is 16.2. The normalized spacial score (nSPS) is 18.5. The summed E-state index contributed by atoms with van der Waals surface area (Å²) in [5.74, 6) is -1.18. The van der Waals surface area contributed by atoms with E-state index in [0.29, 0.717) is 12.2 Å². The van der Waals surface area contributed by atoms with E-state index in [1.807, 2.05) is 17.0 Å². The zero-order valence-electron chi connectivity index (χ0n) is 18.0. The zero-order valence-corrected chi connectivity index (χ0v) is 18.0. The maximum atomic E-state index is 13.5. The summed E-state index contributed by atoms with van der Waals surface area (Å²) in [7, 11) is 0. The molecule has 2 aromatic carbocycles. The first kappa shape index (κ1) is 21.2. The molecule has 6 heteroatoms. The molecule has 0 bridgehead atoms. The first-order valence-electron chi connectivity index (χ1n) is 11.0. The van der Waals surface area contributed by atoms with Crippen LogP contribution in [0.4, 0.5) is 5.69 Å². The number of carbonyl (C=O) groups is 3. The second-order valence-corrected chi connectivity index (χ2v) is 8.40. The summed E-state index contributed by atoms with van der Waals surface area (Å²) in [6, 6.07) is 15.7. The van der Waals surface area contributed by atoms with E-state index in [2.05, 4.69) is 34.5 Å². The number of nitrogens with one attached hydrogen (secondary N) is 1. The lowest BCUT2D eigenvalue weighted by Crippen LogP contribution is -2.45. The molecule has 31 heavy (non-hydrogen) atoms. The molecular formula is C25H29N3O3. The molecule has 2 aliphatic rings. The smallest absolute Gasteiger partial charge is 0.291 e. The molecule has 1 unspecified atom stereocenters. The van der Waals surface area contributed by atoms with Crippen LogP contribution in [0.5, 0.6) is 0 Å². The van der Waals surface area contributed by atoms with Gasteiger partial charge in [-0.25, -0.2) is 0 Å². The molecule has 0 aromatic heterocycles. The third-order valence-corrected chi connectivity index (χ3v) is 6.29. The van der Waals surface area contributed by atoms with E-state index >= 15 is 0 Å². The molecule has 6 nitrogen and oxygen atoms in total. The Bertz CT molecular complexity index is 981. The van der Waals surface area contributed by atoms with Crippen molar-refractivity contribution in [3.8, 4) is 0 Å². The number of anilines is 1. The fraction of sp³-hybridized carbons (Fsp3) is 0.400. The molecule has 1 N–H and O–H groups in total. The minimum absolute atomic E-state index is 0.0366. The average Bonchev–Trinajstić information content (AvgIpc) is 3.28. The number of amides is 2. The van der Waals surface area contributed by atoms with Gasteiger partial charge in [-0.2, -0.15) is 0 Å². The van der Waals surface area contributed by atoms with Gasteiger partial charge in [0.25, 0.3) is 5.91 Å². The first-order chi connectivity index (χ1) is 15.0. The lowest BCUT2D eigenvalue weighted by molar-refractivity contribution is -0.134. The van der Waals surface area contributed by atoms with Crippen molar-refractivity contribution in [3.63, 3.8) is 0 Å². The SMILES string of the molecule is CC(=O)C(=O)Nc1ccccc1CC(=O)N1CCc2ccccc2C1CN1CCCC1. The van der Waals surface area contributed by atoms with Gasteiger partial charge in [0.1, 0.15) is 0 Å². The molecule has 2 amide bonds. The van der Waals surface area contributed by atoms with Crippen molar-refractivity contribution in [2.24, 2.45) is 0 Å². The van der Waals surface area contributed by atoms with Gasteiger partial charge >= 0.3 is 0 Å². The monoisotopic (exact) mass is 419 g/mol. The van der Waals surface area contributed by atoms with Gasteiger partial charge in [-0.05, 0) is 55.1 Å². The van der Waals surface area contributed by atoms with Gasteiger partial charge in [0.2, 0.25) is 11.7 Å². The third kappa shape index (κ3) is 4.85. The summed E-state index contributed by atoms with van der Waals surface area (Å²) < 4.78 is 0. The van der Waals surface area contributed by atoms with Crippen molar-refractivity contribution in [2.45, 2.75) is 38.6 Å². The van der Waals surface area contributed by atoms with Gasteiger partial charge < -0.3 is 15.1 Å². The predicted octanol–water partition coefficient (Wildman–Crippen LogP) is 2.98. The molecule has 2 aromatic rings. The molecule has 0 spiro atoms. The van der Waals surface area contributed by atoms with Gasteiger partial charge in [-0.15, -0.1) is 0 Å². The number of hydrogen-bond acceptors (Lipinski definition) is 4. The van der Waals surface area contributed by atoms with E-state index < -0.39 is 11.7 Å². The topological polar surface area (TPSA) is 69.7 Å². The second kappa shape index (κ2) is 9.43. The van der Waals surface area contributed by atoms with Crippen molar-refractivity contribution < 1.29 is 14.4 Å². The van der Waals surface area contributed by atoms with E-state index in [0.717, 1.165) is 31.6 Å². The Labute approximate surface area is 183 Å². The maximum absolute atomic E-state index is 13.5. The number of para-hydroxylation sites is 1. The number of Topliss-reactive ketones (excluding diaryl/α,β-unsaturated/α-hetero) is 1. The Hall–Kier alpha value is -2.99. The Balaban J connectivity index is 1.56. The summed E-state index contributed by atoms with van der Waals surface area (Å²) in [6.07, 6.45) is 3.46. The van der Waals surface area contributed by atoms with Gasteiger partial charge in [0.15, 0.2) is 0 Å². The number of carbonyl (C=O) groups excluding carboxylic acids is 3. The van der Waals surface area contributed by atoms with Crippen molar-refractivity contribution in [1.29, 1.82) is 0 Å². The predicted molar refractivity (Wildman–Crippen MR) is 120 cm³/mol. The summed E-state index contributed by atoms with van der Waals surface area (Å²) >= 11 is 0. The largest absolute Gasteiger partial charge is 0.334 e. The van der Waals surface area contributed by atoms with Gasteiger partial charge in [0.05, 0.1) is 12.5 Å². The third-order valence-electron chi connectivity index (χ3n) is 6.29. The van der Waals surface area contributed by atoms with Crippen LogP contribution in [0.2, 0.25) is 0 Å². The number of fused-ring (bicyclic) bond motifs is 1. The van der Waals surface area contributed by atoms with Crippen LogP contribution >= 0.6 is 0 Å². The number of ketones is 1. The quantitative estimate of drug-likeness (QED) is 0.731. The highest BCUT2D eigenvalue weighted by Crippen LogP contribution is 2.32. The summed E-state index contributed by atoms with van der Waals surface area (Å²) in [5, 5.41) is 2.64. The van der Waals surface area contributed by atoms with Crippen LogP contribution in [0.25, 0.3) is 0 Å². The minimum Gasteiger partial charge on any atom is -0.334 e. The zero-order chi connectivity index (χ0) is 21.8. The molecular weight excluding hydrogens is 390 g/mol. The van der Waals surface area contributed by atoms with Gasteiger partial charge in [-0.3, -0.25) is 14.4 Å². The molecule has 1 fully saturated rings. The number of nitrogens with zero attached hydrogens (tertiary/aromatic N) is 2. The highest BCUT2D eigenvalue weighted by molar-refractivity contribution is 6.39. The van der Waals surface area contributed by atoms with Gasteiger partial charge in [-0.1, -0.05) is 42.5 Å². The molecule has 1 saturated heterocycles. The van der Waals surface area contributed by atoms with Crippen LogP contribution in [-0.2, 0) is 27.2 Å². The standard InChI is InChI=1S/C25H29N3O3/c1-18(29)25(31)26-22-11-5-3-9-20(22)16-24(30)28-15-12-19-8-2-4-10-21(19)23(28)17-27-13-6-7-14-27/h2-5,8-11,23H,6-7,12-17H2,1H3,(H,26,31). The van der Waals surface area contributed by atoms with Crippen LogP contribution in [-0.4, -0.2) is 53.6 Å². The molecule has 0 aliphatic carbocycles. The van der Waals surface area contributed by atoms with Crippen LogP contribution in [0, 0.1) is 0 Å². The molecule has 162 valence electrons. The average molecular weight is 420 g/mol. The van der Waals surface area contributed by atoms with E-state index in [1.165, 1.54) is 30.9 Å². The molecule has 0 saturated carbocycles. The lowest BCUT2D eigenvalue weighted by atomic mass is 9.91. The van der Waals surface area contributed by atoms with Crippen LogP contribution in [0.1, 0.15) is 42.5 Å². The number of likely N-dealkylation sites (tertiary alicyclic amines) is 1. The van der Waals surface area contributed by atoms with Crippen molar-refractivity contribution in [3.05, 3.63) is 65.2 Å². The second-order valence-electron chi connectivity index (χ2n) is 8.40. The first-order valence-corrected chi connectivity index (χ1v) is 11.0. The van der Waals surface area contributed by atoms with Crippen LogP contribution < -0.4 is 5.32 Å². The number of hydrogen-bond donors (Lipinski definition) is 1. The van der Waals surface area contributed by atoms with Gasteiger partial charge in [0, 0.05) is 25.7 Å². The molecule has 4 rings (SSSR count). The fourth-order valence-electron chi connectivity index (χ4n) is 4.63. The molecule has 2 aliphatic heterocycles. The molecule has 0 radical (unpaired) electrons. The fourth-order valence-corrected chi connectivity index (χ4v) is 4.63. The highest BCUT2D eigenvalue weighted by Gasteiger charge is 2.32. The Morgan fingerprint density at radius 3 is 2.45 bits per heavy atom. The number of benzene rings is 2. The van der Waals surface area contributed by atoms with Crippen LogP contribution in [0.3, 0.4) is 0 Å². The lowest BCUT2D eigenvalue weighted by Gasteiger charge is -2.39. The maximum Gasteiger partial charge on any atom is 0.291 e. The summed E-state index contributed by atoms with van der Waals surface area (Å²) in [4.78, 5) is 41.2. The van der Waals surface area contributed by atoms with E-state index in [-0.39, 0.29) is 18.4 Å². The van der Waals surface area contributed by atoms with Crippen molar-refractivity contribution in [2.75, 3.05) is 31.5 Å². The minimum atomic E-state index is -0.668. The van der Waals surface area contributed by atoms with Crippen molar-refractivity contribution >= 4 is 23.3 Å². The van der Waals surface area contributed by atoms with E-state index in [4.69, 9.17) is 0 Å². The number of rotatable bonds is 6. The molecule has 1 atom stereocenters. The van der Waals surface area contributed by atoms with E-state index in [1.54, 1.807) is 12.1 Å². The Kier molecular flexibility index (Phi) is 6.47.